The molecule has 0 unspecified atom stereocenters. The highest BCUT2D eigenvalue weighted by molar-refractivity contribution is 5.70. The van der Waals surface area contributed by atoms with Crippen LogP contribution in [0.5, 0.6) is 0 Å². The van der Waals surface area contributed by atoms with E-state index in [9.17, 15) is 4.79 Å². The van der Waals surface area contributed by atoms with Gasteiger partial charge in [-0.15, -0.1) is 0 Å². The third-order valence-electron chi connectivity index (χ3n) is 3.00. The predicted octanol–water partition coefficient (Wildman–Crippen LogP) is 3.32. The molecule has 1 fully saturated rings. The highest BCUT2D eigenvalue weighted by Crippen LogP contribution is 2.32. The van der Waals surface area contributed by atoms with Gasteiger partial charge in [-0.25, -0.2) is 4.79 Å². The fraction of sp³-hybridized carbons (Fsp3) is 0.786. The third-order valence-corrected chi connectivity index (χ3v) is 3.00. The third kappa shape index (κ3) is 3.25. The second-order valence-corrected chi connectivity index (χ2v) is 6.14. The quantitative estimate of drug-likeness (QED) is 0.710. The van der Waals surface area contributed by atoms with Crippen LogP contribution in [0.1, 0.15) is 48.0 Å². The minimum atomic E-state index is -0.648. The van der Waals surface area contributed by atoms with Crippen LogP contribution in [0.25, 0.3) is 0 Å². The second-order valence-electron chi connectivity index (χ2n) is 6.14. The maximum Gasteiger partial charge on any atom is 0.413 e. The lowest BCUT2D eigenvalue weighted by molar-refractivity contribution is -0.0614. The zero-order chi connectivity index (χ0) is 14.1. The Labute approximate surface area is 110 Å². The Morgan fingerprint density at radius 2 is 2.06 bits per heavy atom. The monoisotopic (exact) mass is 255 g/mol. The van der Waals surface area contributed by atoms with E-state index in [1.54, 1.807) is 4.90 Å². The van der Waals surface area contributed by atoms with Crippen LogP contribution in [0.15, 0.2) is 12.2 Å². The Hall–Kier alpha value is -1.03. The van der Waals surface area contributed by atoms with E-state index < -0.39 is 11.3 Å². The number of nitrogens with zero attached hydrogens (tertiary/aromatic N) is 1. The van der Waals surface area contributed by atoms with Crippen molar-refractivity contribution in [2.75, 3.05) is 6.61 Å². The van der Waals surface area contributed by atoms with Gasteiger partial charge in [-0.3, -0.25) is 4.90 Å². The average molecular weight is 255 g/mol. The number of hydrogen-bond acceptors (Lipinski definition) is 3. The minimum absolute atomic E-state index is 0.0974. The summed E-state index contributed by atoms with van der Waals surface area (Å²) in [4.78, 5) is 13.9. The first kappa shape index (κ1) is 15.0. The Morgan fingerprint density at radius 1 is 1.50 bits per heavy atom. The topological polar surface area (TPSA) is 38.8 Å². The van der Waals surface area contributed by atoms with Gasteiger partial charge in [0.15, 0.2) is 0 Å². The summed E-state index contributed by atoms with van der Waals surface area (Å²) in [6.45, 7) is 15.9. The normalized spacial score (nSPS) is 23.0. The van der Waals surface area contributed by atoms with Crippen molar-refractivity contribution in [1.29, 1.82) is 0 Å². The first-order valence-corrected chi connectivity index (χ1v) is 6.42. The van der Waals surface area contributed by atoms with Gasteiger partial charge < -0.3 is 9.47 Å². The van der Waals surface area contributed by atoms with Crippen molar-refractivity contribution >= 4 is 6.09 Å². The summed E-state index contributed by atoms with van der Waals surface area (Å²) in [6.07, 6.45) is 0.480. The molecular formula is C14H25NO3. The molecule has 0 saturated carbocycles. The maximum absolute atomic E-state index is 12.3. The second kappa shape index (κ2) is 4.92. The van der Waals surface area contributed by atoms with E-state index in [0.717, 1.165) is 12.0 Å². The Morgan fingerprint density at radius 3 is 2.50 bits per heavy atom. The van der Waals surface area contributed by atoms with Crippen LogP contribution in [0.4, 0.5) is 4.79 Å². The van der Waals surface area contributed by atoms with Crippen molar-refractivity contribution in [2.24, 2.45) is 0 Å². The molecule has 1 aliphatic heterocycles. The molecule has 1 rings (SSSR count). The van der Waals surface area contributed by atoms with Gasteiger partial charge in [-0.1, -0.05) is 19.1 Å². The van der Waals surface area contributed by atoms with E-state index in [0.29, 0.717) is 6.61 Å². The predicted molar refractivity (Wildman–Crippen MR) is 71.3 cm³/mol. The van der Waals surface area contributed by atoms with E-state index in [2.05, 4.69) is 6.58 Å². The van der Waals surface area contributed by atoms with Crippen LogP contribution < -0.4 is 0 Å². The first-order chi connectivity index (χ1) is 8.08. The number of rotatable bonds is 2. The molecule has 0 spiro atoms. The molecule has 0 aromatic rings. The molecule has 0 aromatic heterocycles. The van der Waals surface area contributed by atoms with Gasteiger partial charge in [0.1, 0.15) is 11.3 Å². The summed E-state index contributed by atoms with van der Waals surface area (Å²) in [5.74, 6) is 0. The summed E-state index contributed by atoms with van der Waals surface area (Å²) < 4.78 is 11.1. The van der Waals surface area contributed by atoms with Gasteiger partial charge in [-0.05, 0) is 41.0 Å². The molecular weight excluding hydrogens is 230 g/mol. The lowest BCUT2D eigenvalue weighted by Crippen LogP contribution is -2.50. The largest absolute Gasteiger partial charge is 0.444 e. The number of ether oxygens (including phenoxy) is 2. The van der Waals surface area contributed by atoms with Crippen molar-refractivity contribution in [1.82, 2.24) is 4.90 Å². The molecule has 1 heterocycles. The minimum Gasteiger partial charge on any atom is -0.444 e. The molecule has 0 aliphatic carbocycles. The maximum atomic E-state index is 12.3. The lowest BCUT2D eigenvalue weighted by Gasteiger charge is -2.35. The zero-order valence-corrected chi connectivity index (χ0v) is 12.4. The molecule has 0 N–H and O–H groups in total. The smallest absolute Gasteiger partial charge is 0.413 e. The number of amides is 1. The molecule has 1 amide bonds. The number of carbonyl (C=O) groups excluding carboxylic acids is 1. The average Bonchev–Trinajstić information content (AvgIpc) is 2.50. The van der Waals surface area contributed by atoms with Gasteiger partial charge in [-0.2, -0.15) is 0 Å². The summed E-state index contributed by atoms with van der Waals surface area (Å²) in [7, 11) is 0. The van der Waals surface area contributed by atoms with Crippen molar-refractivity contribution in [3.8, 4) is 0 Å². The zero-order valence-electron chi connectivity index (χ0n) is 12.4. The van der Waals surface area contributed by atoms with E-state index >= 15 is 0 Å². The number of carbonyl (C=O) groups is 1. The fourth-order valence-electron chi connectivity index (χ4n) is 2.00. The standard InChI is InChI=1S/C14H25NO3/c1-8-10(2)11-9-17-14(6,7)15(11)12(16)18-13(3,4)5/h11H,2,8-9H2,1,3-7H3/t11-/m1/s1. The van der Waals surface area contributed by atoms with Crippen molar-refractivity contribution in [3.05, 3.63) is 12.2 Å². The van der Waals surface area contributed by atoms with E-state index in [1.165, 1.54) is 0 Å². The van der Waals surface area contributed by atoms with Crippen LogP contribution in [-0.2, 0) is 9.47 Å². The molecule has 18 heavy (non-hydrogen) atoms. The summed E-state index contributed by atoms with van der Waals surface area (Å²) in [5.41, 5.74) is -0.162. The van der Waals surface area contributed by atoms with Gasteiger partial charge in [0.05, 0.1) is 12.6 Å². The molecule has 0 bridgehead atoms. The van der Waals surface area contributed by atoms with Gasteiger partial charge in [0.25, 0.3) is 0 Å². The van der Waals surface area contributed by atoms with Crippen LogP contribution in [-0.4, -0.2) is 35.0 Å². The molecule has 4 heteroatoms. The van der Waals surface area contributed by atoms with Crippen LogP contribution in [0.3, 0.4) is 0 Å². The van der Waals surface area contributed by atoms with Crippen LogP contribution >= 0.6 is 0 Å². The Bertz CT molecular complexity index is 341. The Kier molecular flexibility index (Phi) is 4.11. The Balaban J connectivity index is 2.92. The fourth-order valence-corrected chi connectivity index (χ4v) is 2.00. The van der Waals surface area contributed by atoms with E-state index in [4.69, 9.17) is 9.47 Å². The summed E-state index contributed by atoms with van der Waals surface area (Å²) >= 11 is 0. The summed E-state index contributed by atoms with van der Waals surface area (Å²) in [5, 5.41) is 0. The molecule has 0 aromatic carbocycles. The highest BCUT2D eigenvalue weighted by Gasteiger charge is 2.46. The highest BCUT2D eigenvalue weighted by atomic mass is 16.6. The summed E-state index contributed by atoms with van der Waals surface area (Å²) in [6, 6.07) is -0.0974. The van der Waals surface area contributed by atoms with Crippen molar-refractivity contribution in [2.45, 2.75) is 65.3 Å². The van der Waals surface area contributed by atoms with Crippen molar-refractivity contribution in [3.63, 3.8) is 0 Å². The molecule has 4 nitrogen and oxygen atoms in total. The molecule has 1 atom stereocenters. The van der Waals surface area contributed by atoms with Gasteiger partial charge in [0.2, 0.25) is 0 Å². The van der Waals surface area contributed by atoms with Gasteiger partial charge >= 0.3 is 6.09 Å². The molecule has 1 aliphatic rings. The molecule has 104 valence electrons. The SMILES string of the molecule is C=C(CC)[C@H]1COC(C)(C)N1C(=O)OC(C)(C)C. The van der Waals surface area contributed by atoms with E-state index in [-0.39, 0.29) is 12.1 Å². The van der Waals surface area contributed by atoms with E-state index in [1.807, 2.05) is 41.5 Å². The molecule has 0 radical (unpaired) electrons. The lowest BCUT2D eigenvalue weighted by atomic mass is 10.1. The number of hydrogen-bond donors (Lipinski definition) is 0. The molecule has 1 saturated heterocycles. The van der Waals surface area contributed by atoms with Crippen molar-refractivity contribution < 1.29 is 14.3 Å². The van der Waals surface area contributed by atoms with Crippen LogP contribution in [0, 0.1) is 0 Å². The van der Waals surface area contributed by atoms with Gasteiger partial charge in [0, 0.05) is 0 Å². The first-order valence-electron chi connectivity index (χ1n) is 6.42. The van der Waals surface area contributed by atoms with Crippen LogP contribution in [0.2, 0.25) is 0 Å².